The summed E-state index contributed by atoms with van der Waals surface area (Å²) in [7, 11) is 1.66. The Morgan fingerprint density at radius 2 is 1.92 bits per heavy atom. The summed E-state index contributed by atoms with van der Waals surface area (Å²) < 4.78 is 12.1. The summed E-state index contributed by atoms with van der Waals surface area (Å²) in [6, 6.07) is 15.7. The predicted octanol–water partition coefficient (Wildman–Crippen LogP) is 3.92. The molecule has 5 rings (SSSR count). The van der Waals surface area contributed by atoms with Crippen LogP contribution in [-0.4, -0.2) is 57.7 Å². The summed E-state index contributed by atoms with van der Waals surface area (Å²) in [5.41, 5.74) is 1.96. The fourth-order valence-electron chi connectivity index (χ4n) is 4.88. The number of aromatic nitrogens is 4. The lowest BCUT2D eigenvalue weighted by molar-refractivity contribution is 0.199. The second-order valence-electron chi connectivity index (χ2n) is 9.21. The smallest absolute Gasteiger partial charge is 0.274 e. The van der Waals surface area contributed by atoms with Crippen molar-refractivity contribution in [1.82, 2.24) is 24.8 Å². The molecular formula is C27H30ClN5O3. The Balaban J connectivity index is 1.33. The molecule has 1 fully saturated rings. The highest BCUT2D eigenvalue weighted by atomic mass is 35.5. The van der Waals surface area contributed by atoms with Gasteiger partial charge in [-0.15, -0.1) is 0 Å². The quantitative estimate of drug-likeness (QED) is 0.321. The van der Waals surface area contributed by atoms with Crippen LogP contribution in [0.5, 0.6) is 0 Å². The number of nitrogens with zero attached hydrogens (tertiary/aromatic N) is 5. The zero-order chi connectivity index (χ0) is 24.9. The minimum Gasteiger partial charge on any atom is -0.384 e. The molecule has 0 aliphatic carbocycles. The van der Waals surface area contributed by atoms with Gasteiger partial charge in [-0.2, -0.15) is 10.1 Å². The van der Waals surface area contributed by atoms with Gasteiger partial charge in [0, 0.05) is 49.4 Å². The highest BCUT2D eigenvalue weighted by Crippen LogP contribution is 2.21. The van der Waals surface area contributed by atoms with Crippen molar-refractivity contribution < 1.29 is 9.26 Å². The minimum atomic E-state index is -0.0445. The van der Waals surface area contributed by atoms with Gasteiger partial charge in [-0.3, -0.25) is 9.69 Å². The van der Waals surface area contributed by atoms with Crippen LogP contribution in [0.3, 0.4) is 0 Å². The van der Waals surface area contributed by atoms with Gasteiger partial charge in [-0.1, -0.05) is 47.1 Å². The van der Waals surface area contributed by atoms with Crippen molar-refractivity contribution in [2.24, 2.45) is 0 Å². The Labute approximate surface area is 214 Å². The van der Waals surface area contributed by atoms with Gasteiger partial charge >= 0.3 is 0 Å². The zero-order valence-corrected chi connectivity index (χ0v) is 21.2. The van der Waals surface area contributed by atoms with E-state index in [1.54, 1.807) is 11.8 Å². The molecule has 1 saturated heterocycles. The number of ether oxygens (including phenoxy) is 1. The van der Waals surface area contributed by atoms with Crippen molar-refractivity contribution in [1.29, 1.82) is 0 Å². The lowest BCUT2D eigenvalue weighted by Crippen LogP contribution is -2.38. The Bertz CT molecular complexity index is 1370. The van der Waals surface area contributed by atoms with Gasteiger partial charge in [-0.25, -0.2) is 4.68 Å². The van der Waals surface area contributed by atoms with Crippen molar-refractivity contribution in [3.05, 3.63) is 86.9 Å². The first kappa shape index (κ1) is 24.6. The molecule has 3 heterocycles. The Hall–Kier alpha value is -3.07. The highest BCUT2D eigenvalue weighted by molar-refractivity contribution is 6.30. The van der Waals surface area contributed by atoms with Crippen LogP contribution in [0.25, 0.3) is 10.8 Å². The first-order valence-corrected chi connectivity index (χ1v) is 12.8. The lowest BCUT2D eigenvalue weighted by atomic mass is 10.0. The van der Waals surface area contributed by atoms with E-state index in [0.717, 1.165) is 42.6 Å². The second kappa shape index (κ2) is 11.3. The van der Waals surface area contributed by atoms with E-state index in [2.05, 4.69) is 15.0 Å². The summed E-state index contributed by atoms with van der Waals surface area (Å²) in [5.74, 6) is 1.31. The van der Waals surface area contributed by atoms with E-state index in [4.69, 9.17) is 26.0 Å². The van der Waals surface area contributed by atoms with Crippen molar-refractivity contribution in [3.8, 4) is 0 Å². The van der Waals surface area contributed by atoms with Gasteiger partial charge in [-0.05, 0) is 43.1 Å². The van der Waals surface area contributed by atoms with Crippen LogP contribution in [0.15, 0.2) is 57.8 Å². The number of fused-ring (bicyclic) bond motifs is 1. The number of hydrogen-bond donors (Lipinski definition) is 0. The van der Waals surface area contributed by atoms with Crippen LogP contribution in [0.2, 0.25) is 5.02 Å². The number of rotatable bonds is 10. The van der Waals surface area contributed by atoms with E-state index in [9.17, 15) is 4.79 Å². The molecule has 8 nitrogen and oxygen atoms in total. The van der Waals surface area contributed by atoms with Crippen LogP contribution in [0.1, 0.15) is 35.8 Å². The average molecular weight is 508 g/mol. The molecule has 4 aromatic rings. The summed E-state index contributed by atoms with van der Waals surface area (Å²) in [6.45, 7) is 2.91. The molecule has 1 atom stereocenters. The van der Waals surface area contributed by atoms with Gasteiger partial charge in [0.25, 0.3) is 5.56 Å². The third-order valence-corrected chi connectivity index (χ3v) is 7.02. The molecule has 0 amide bonds. The number of likely N-dealkylation sites (tertiary alicyclic amines) is 1. The van der Waals surface area contributed by atoms with Gasteiger partial charge < -0.3 is 9.26 Å². The topological polar surface area (TPSA) is 86.3 Å². The standard InChI is InChI=1S/C27H30ClN5O3/c1-35-16-13-25-29-26(36-31-25)12-15-32-14-4-5-21(32)18-33-27(34)23-7-3-2-6-22(23)24(30-33)17-19-8-10-20(28)11-9-19/h2-3,6-11,21H,4-5,12-18H2,1H3/t21-/m1/s1. The summed E-state index contributed by atoms with van der Waals surface area (Å²) in [4.78, 5) is 20.2. The molecule has 1 aliphatic rings. The fraction of sp³-hybridized carbons (Fsp3) is 0.407. The molecule has 2 aromatic carbocycles. The normalized spacial score (nSPS) is 16.2. The fourth-order valence-corrected chi connectivity index (χ4v) is 5.00. The maximum atomic E-state index is 13.4. The first-order chi connectivity index (χ1) is 17.6. The molecular weight excluding hydrogens is 478 g/mol. The minimum absolute atomic E-state index is 0.0445. The Kier molecular flexibility index (Phi) is 7.75. The van der Waals surface area contributed by atoms with Gasteiger partial charge in [0.1, 0.15) is 0 Å². The van der Waals surface area contributed by atoms with E-state index < -0.39 is 0 Å². The lowest BCUT2D eigenvalue weighted by Gasteiger charge is -2.24. The van der Waals surface area contributed by atoms with Crippen LogP contribution in [0, 0.1) is 0 Å². The molecule has 0 spiro atoms. The van der Waals surface area contributed by atoms with Gasteiger partial charge in [0.05, 0.1) is 24.2 Å². The van der Waals surface area contributed by atoms with Crippen molar-refractivity contribution >= 4 is 22.4 Å². The average Bonchev–Trinajstić information content (AvgIpc) is 3.54. The Morgan fingerprint density at radius 1 is 1.11 bits per heavy atom. The number of methoxy groups -OCH3 is 1. The monoisotopic (exact) mass is 507 g/mol. The number of hydrogen-bond acceptors (Lipinski definition) is 7. The number of benzene rings is 2. The maximum Gasteiger partial charge on any atom is 0.274 e. The van der Waals surface area contributed by atoms with E-state index in [-0.39, 0.29) is 11.6 Å². The zero-order valence-electron chi connectivity index (χ0n) is 20.4. The molecule has 36 heavy (non-hydrogen) atoms. The molecule has 0 radical (unpaired) electrons. The van der Waals surface area contributed by atoms with Crippen LogP contribution in [0.4, 0.5) is 0 Å². The van der Waals surface area contributed by atoms with Gasteiger partial charge in [0.2, 0.25) is 5.89 Å². The van der Waals surface area contributed by atoms with Crippen molar-refractivity contribution in [2.75, 3.05) is 26.8 Å². The molecule has 0 unspecified atom stereocenters. The highest BCUT2D eigenvalue weighted by Gasteiger charge is 2.26. The maximum absolute atomic E-state index is 13.4. The van der Waals surface area contributed by atoms with Crippen LogP contribution >= 0.6 is 11.6 Å². The largest absolute Gasteiger partial charge is 0.384 e. The van der Waals surface area contributed by atoms with Crippen LogP contribution in [-0.2, 0) is 30.5 Å². The Morgan fingerprint density at radius 3 is 2.72 bits per heavy atom. The molecule has 0 saturated carbocycles. The predicted molar refractivity (Wildman–Crippen MR) is 138 cm³/mol. The third-order valence-electron chi connectivity index (χ3n) is 6.76. The van der Waals surface area contributed by atoms with E-state index in [1.165, 1.54) is 0 Å². The second-order valence-corrected chi connectivity index (χ2v) is 9.65. The number of halogens is 1. The van der Waals surface area contributed by atoms with E-state index in [1.807, 2.05) is 48.5 Å². The van der Waals surface area contributed by atoms with Crippen LogP contribution < -0.4 is 5.56 Å². The molecule has 0 N–H and O–H groups in total. The molecule has 188 valence electrons. The van der Waals surface area contributed by atoms with Crippen molar-refractivity contribution in [3.63, 3.8) is 0 Å². The summed E-state index contributed by atoms with van der Waals surface area (Å²) in [5, 5.41) is 11.2. The molecule has 2 aromatic heterocycles. The summed E-state index contributed by atoms with van der Waals surface area (Å²) >= 11 is 6.07. The van der Waals surface area contributed by atoms with Gasteiger partial charge in [0.15, 0.2) is 5.82 Å². The molecule has 0 bridgehead atoms. The third kappa shape index (κ3) is 5.67. The molecule has 1 aliphatic heterocycles. The van der Waals surface area contributed by atoms with Crippen molar-refractivity contribution in [2.45, 2.75) is 44.7 Å². The first-order valence-electron chi connectivity index (χ1n) is 12.4. The van der Waals surface area contributed by atoms with E-state index in [0.29, 0.717) is 54.5 Å². The SMILES string of the molecule is COCCc1noc(CCN2CCC[C@@H]2Cn2nc(Cc3ccc(Cl)cc3)c3ccccc3c2=O)n1. The summed E-state index contributed by atoms with van der Waals surface area (Å²) in [6.07, 6.45) is 4.07. The van der Waals surface area contributed by atoms with E-state index >= 15 is 0 Å². The molecule has 9 heteroatoms.